The first-order valence-corrected chi connectivity index (χ1v) is 7.16. The maximum absolute atomic E-state index is 4.44. The van der Waals surface area contributed by atoms with Crippen molar-refractivity contribution >= 4 is 5.82 Å². The molecule has 1 aromatic heterocycles. The van der Waals surface area contributed by atoms with Gasteiger partial charge in [0.25, 0.3) is 0 Å². The molecule has 0 spiro atoms. The van der Waals surface area contributed by atoms with Gasteiger partial charge >= 0.3 is 0 Å². The molecule has 18 heavy (non-hydrogen) atoms. The minimum absolute atomic E-state index is 0.929. The van der Waals surface area contributed by atoms with Crippen molar-refractivity contribution in [2.45, 2.75) is 39.2 Å². The Morgan fingerprint density at radius 1 is 1.44 bits per heavy atom. The van der Waals surface area contributed by atoms with Gasteiger partial charge in [0.1, 0.15) is 5.82 Å². The van der Waals surface area contributed by atoms with E-state index in [1.54, 1.807) is 0 Å². The molecular weight excluding hydrogens is 222 g/mol. The summed E-state index contributed by atoms with van der Waals surface area (Å²) in [5.41, 5.74) is 1.31. The van der Waals surface area contributed by atoms with E-state index in [-0.39, 0.29) is 0 Å². The maximum atomic E-state index is 4.44. The number of pyridine rings is 1. The Morgan fingerprint density at radius 3 is 2.94 bits per heavy atom. The number of nitrogens with zero attached hydrogens (tertiary/aromatic N) is 2. The van der Waals surface area contributed by atoms with Gasteiger partial charge in [0.2, 0.25) is 0 Å². The van der Waals surface area contributed by atoms with Crippen molar-refractivity contribution in [3.63, 3.8) is 0 Å². The van der Waals surface area contributed by atoms with E-state index in [0.717, 1.165) is 31.2 Å². The van der Waals surface area contributed by atoms with E-state index < -0.39 is 0 Å². The molecule has 1 N–H and O–H groups in total. The topological polar surface area (TPSA) is 28.2 Å². The molecule has 100 valence electrons. The lowest BCUT2D eigenvalue weighted by atomic mass is 9.85. The van der Waals surface area contributed by atoms with Gasteiger partial charge < -0.3 is 10.2 Å². The maximum Gasteiger partial charge on any atom is 0.130 e. The number of rotatable bonds is 7. The molecule has 0 unspecified atom stereocenters. The van der Waals surface area contributed by atoms with Crippen LogP contribution in [0.2, 0.25) is 0 Å². The van der Waals surface area contributed by atoms with Gasteiger partial charge in [-0.15, -0.1) is 0 Å². The standard InChI is InChI=1S/C15H25N3/c1-3-9-16-15-14(8-5-10-17-15)12-18(2)11-13-6-4-7-13/h5,8,10,13H,3-4,6-7,9,11-12H2,1-2H3,(H,16,17). The number of anilines is 1. The molecule has 0 radical (unpaired) electrons. The van der Waals surface area contributed by atoms with Crippen molar-refractivity contribution in [2.24, 2.45) is 5.92 Å². The molecule has 1 fully saturated rings. The normalized spacial score (nSPS) is 15.7. The van der Waals surface area contributed by atoms with Crippen LogP contribution >= 0.6 is 0 Å². The Hall–Kier alpha value is -1.09. The van der Waals surface area contributed by atoms with Gasteiger partial charge in [-0.05, 0) is 38.3 Å². The van der Waals surface area contributed by atoms with Crippen LogP contribution in [0.15, 0.2) is 18.3 Å². The van der Waals surface area contributed by atoms with Gasteiger partial charge in [0.15, 0.2) is 0 Å². The van der Waals surface area contributed by atoms with Crippen LogP contribution in [0, 0.1) is 5.92 Å². The zero-order valence-corrected chi connectivity index (χ0v) is 11.7. The summed E-state index contributed by atoms with van der Waals surface area (Å²) in [7, 11) is 2.22. The highest BCUT2D eigenvalue weighted by atomic mass is 15.1. The summed E-state index contributed by atoms with van der Waals surface area (Å²) in [4.78, 5) is 6.87. The third-order valence-corrected chi connectivity index (χ3v) is 3.67. The molecule has 3 nitrogen and oxygen atoms in total. The first-order valence-electron chi connectivity index (χ1n) is 7.16. The summed E-state index contributed by atoms with van der Waals surface area (Å²) in [5.74, 6) is 1.98. The highest BCUT2D eigenvalue weighted by Gasteiger charge is 2.19. The number of hydrogen-bond donors (Lipinski definition) is 1. The molecule has 1 aliphatic rings. The lowest BCUT2D eigenvalue weighted by molar-refractivity contribution is 0.200. The molecule has 0 atom stereocenters. The highest BCUT2D eigenvalue weighted by Crippen LogP contribution is 2.27. The van der Waals surface area contributed by atoms with Crippen molar-refractivity contribution < 1.29 is 0 Å². The van der Waals surface area contributed by atoms with E-state index in [9.17, 15) is 0 Å². The summed E-state index contributed by atoms with van der Waals surface area (Å²) in [5, 5.41) is 3.41. The van der Waals surface area contributed by atoms with E-state index in [0.29, 0.717) is 0 Å². The highest BCUT2D eigenvalue weighted by molar-refractivity contribution is 5.43. The molecule has 3 heteroatoms. The third-order valence-electron chi connectivity index (χ3n) is 3.67. The Labute approximate surface area is 111 Å². The molecule has 1 aliphatic carbocycles. The van der Waals surface area contributed by atoms with Gasteiger partial charge in [-0.3, -0.25) is 0 Å². The first kappa shape index (κ1) is 13.3. The van der Waals surface area contributed by atoms with Gasteiger partial charge in [-0.25, -0.2) is 4.98 Å². The zero-order chi connectivity index (χ0) is 12.8. The van der Waals surface area contributed by atoms with Gasteiger partial charge in [-0.1, -0.05) is 19.4 Å². The molecule has 1 saturated carbocycles. The molecular formula is C15H25N3. The summed E-state index contributed by atoms with van der Waals surface area (Å²) in [6, 6.07) is 4.21. The van der Waals surface area contributed by atoms with Crippen molar-refractivity contribution in [2.75, 3.05) is 25.5 Å². The second-order valence-electron chi connectivity index (χ2n) is 5.43. The van der Waals surface area contributed by atoms with Crippen molar-refractivity contribution in [1.82, 2.24) is 9.88 Å². The third kappa shape index (κ3) is 3.70. The van der Waals surface area contributed by atoms with E-state index in [1.807, 2.05) is 12.3 Å². The minimum atomic E-state index is 0.929. The fourth-order valence-corrected chi connectivity index (χ4v) is 2.44. The fourth-order valence-electron chi connectivity index (χ4n) is 2.44. The van der Waals surface area contributed by atoms with Gasteiger partial charge in [0, 0.05) is 31.4 Å². The van der Waals surface area contributed by atoms with Crippen molar-refractivity contribution in [3.8, 4) is 0 Å². The second-order valence-corrected chi connectivity index (χ2v) is 5.43. The predicted octanol–water partition coefficient (Wildman–Crippen LogP) is 3.14. The molecule has 0 saturated heterocycles. The van der Waals surface area contributed by atoms with E-state index in [1.165, 1.54) is 31.4 Å². The van der Waals surface area contributed by atoms with Crippen LogP contribution in [0.1, 0.15) is 38.2 Å². The SMILES string of the molecule is CCCNc1ncccc1CN(C)CC1CCC1. The largest absolute Gasteiger partial charge is 0.370 e. The Bertz CT molecular complexity index is 361. The Kier molecular flexibility index (Phi) is 5.00. The number of nitrogens with one attached hydrogen (secondary N) is 1. The Balaban J connectivity index is 1.89. The second kappa shape index (κ2) is 6.74. The fraction of sp³-hybridized carbons (Fsp3) is 0.667. The molecule has 0 amide bonds. The Morgan fingerprint density at radius 2 is 2.28 bits per heavy atom. The van der Waals surface area contributed by atoms with E-state index >= 15 is 0 Å². The van der Waals surface area contributed by atoms with E-state index in [2.05, 4.69) is 35.2 Å². The average Bonchev–Trinajstić information content (AvgIpc) is 2.33. The molecule has 0 aliphatic heterocycles. The number of hydrogen-bond acceptors (Lipinski definition) is 3. The van der Waals surface area contributed by atoms with Crippen LogP contribution in [0.3, 0.4) is 0 Å². The van der Waals surface area contributed by atoms with Crippen LogP contribution in [-0.2, 0) is 6.54 Å². The van der Waals surface area contributed by atoms with Gasteiger partial charge in [-0.2, -0.15) is 0 Å². The predicted molar refractivity (Wildman–Crippen MR) is 76.7 cm³/mol. The summed E-state index contributed by atoms with van der Waals surface area (Å²) in [6.45, 7) is 5.40. The molecule has 0 bridgehead atoms. The monoisotopic (exact) mass is 247 g/mol. The molecule has 1 aromatic rings. The van der Waals surface area contributed by atoms with Crippen molar-refractivity contribution in [3.05, 3.63) is 23.9 Å². The smallest absolute Gasteiger partial charge is 0.130 e. The number of aromatic nitrogens is 1. The van der Waals surface area contributed by atoms with Crippen LogP contribution in [-0.4, -0.2) is 30.0 Å². The average molecular weight is 247 g/mol. The van der Waals surface area contributed by atoms with E-state index in [4.69, 9.17) is 0 Å². The molecule has 0 aromatic carbocycles. The minimum Gasteiger partial charge on any atom is -0.370 e. The van der Waals surface area contributed by atoms with Crippen LogP contribution in [0.5, 0.6) is 0 Å². The van der Waals surface area contributed by atoms with Crippen LogP contribution < -0.4 is 5.32 Å². The summed E-state index contributed by atoms with van der Waals surface area (Å²) in [6.07, 6.45) is 7.26. The summed E-state index contributed by atoms with van der Waals surface area (Å²) < 4.78 is 0. The summed E-state index contributed by atoms with van der Waals surface area (Å²) >= 11 is 0. The molecule has 1 heterocycles. The van der Waals surface area contributed by atoms with Crippen LogP contribution in [0.25, 0.3) is 0 Å². The lowest BCUT2D eigenvalue weighted by Gasteiger charge is -2.30. The van der Waals surface area contributed by atoms with Crippen molar-refractivity contribution in [1.29, 1.82) is 0 Å². The first-order chi connectivity index (χ1) is 8.79. The van der Waals surface area contributed by atoms with Crippen LogP contribution in [0.4, 0.5) is 5.82 Å². The van der Waals surface area contributed by atoms with Gasteiger partial charge in [0.05, 0.1) is 0 Å². The molecule has 2 rings (SSSR count). The lowest BCUT2D eigenvalue weighted by Crippen LogP contribution is -2.29. The quantitative estimate of drug-likeness (QED) is 0.802. The zero-order valence-electron chi connectivity index (χ0n) is 11.7.